The fourth-order valence-corrected chi connectivity index (χ4v) is 13.5. The maximum atomic E-state index is 13.4. The molecule has 0 radical (unpaired) electrons. The van der Waals surface area contributed by atoms with Gasteiger partial charge in [-0.15, -0.1) is 0 Å². The summed E-state index contributed by atoms with van der Waals surface area (Å²) in [6.45, 7) is 14.0. The Labute approximate surface area is 344 Å². The van der Waals surface area contributed by atoms with E-state index in [1.54, 1.807) is 26.4 Å². The Hall–Kier alpha value is -2.81. The van der Waals surface area contributed by atoms with Gasteiger partial charge in [-0.05, 0) is 99.6 Å². The Bertz CT molecular complexity index is 2010. The fraction of sp³-hybridized carbons (Fsp3) is 0.429. The second-order valence-electron chi connectivity index (χ2n) is 15.0. The van der Waals surface area contributed by atoms with Gasteiger partial charge in [-0.25, -0.2) is 16.8 Å². The van der Waals surface area contributed by atoms with E-state index in [0.717, 1.165) is 37.9 Å². The molecule has 2 atom stereocenters. The monoisotopic (exact) mass is 950 g/mol. The van der Waals surface area contributed by atoms with E-state index in [4.69, 9.17) is 9.47 Å². The first-order valence-corrected chi connectivity index (χ1v) is 23.5. The zero-order valence-electron chi connectivity index (χ0n) is 32.4. The number of para-hydroxylation sites is 2. The average molecular weight is 952 g/mol. The van der Waals surface area contributed by atoms with Crippen LogP contribution in [0.3, 0.4) is 0 Å². The van der Waals surface area contributed by atoms with Crippen LogP contribution >= 0.6 is 38.5 Å². The number of fused-ring (bicyclic) bond motifs is 2. The number of rotatable bonds is 8. The van der Waals surface area contributed by atoms with Gasteiger partial charge in [0.15, 0.2) is 19.7 Å². The van der Waals surface area contributed by atoms with Gasteiger partial charge in [-0.1, -0.05) is 77.9 Å². The highest BCUT2D eigenvalue weighted by molar-refractivity contribution is 14.1. The molecule has 2 aliphatic heterocycles. The topological polar surface area (TPSA) is 93.2 Å². The summed E-state index contributed by atoms with van der Waals surface area (Å²) in [5.74, 6) is 1.86. The Morgan fingerprint density at radius 3 is 1.43 bits per heavy atom. The molecule has 8 nitrogen and oxygen atoms in total. The van der Waals surface area contributed by atoms with Gasteiger partial charge in [0, 0.05) is 47.4 Å². The number of ether oxygens (including phenoxy) is 2. The lowest BCUT2D eigenvalue weighted by Crippen LogP contribution is -2.41. The third-order valence-corrected chi connectivity index (χ3v) is 17.0. The van der Waals surface area contributed by atoms with Crippen LogP contribution in [-0.4, -0.2) is 55.7 Å². The second kappa shape index (κ2) is 16.7. The number of anilines is 4. The quantitative estimate of drug-likeness (QED) is 0.161. The van der Waals surface area contributed by atoms with Gasteiger partial charge in [-0.2, -0.15) is 0 Å². The molecule has 2 aliphatic rings. The van der Waals surface area contributed by atoms with Crippen LogP contribution in [0.5, 0.6) is 11.5 Å². The van der Waals surface area contributed by atoms with E-state index in [1.807, 2.05) is 72.8 Å². The molecule has 54 heavy (non-hydrogen) atoms. The van der Waals surface area contributed by atoms with Crippen molar-refractivity contribution in [2.45, 2.75) is 64.2 Å². The highest BCUT2D eigenvalue weighted by atomic mass is 127. The fourth-order valence-electron chi connectivity index (χ4n) is 7.70. The number of benzene rings is 4. The van der Waals surface area contributed by atoms with Crippen molar-refractivity contribution in [1.29, 1.82) is 0 Å². The molecule has 12 heteroatoms. The largest absolute Gasteiger partial charge is 0.496 e. The number of hydrogen-bond donors (Lipinski definition) is 0. The minimum Gasteiger partial charge on any atom is -0.496 e. The van der Waals surface area contributed by atoms with Gasteiger partial charge in [0.2, 0.25) is 0 Å². The predicted octanol–water partition coefficient (Wildman–Crippen LogP) is 10.7. The molecule has 0 aromatic heterocycles. The lowest BCUT2D eigenvalue weighted by molar-refractivity contribution is 0.224. The van der Waals surface area contributed by atoms with Crippen molar-refractivity contribution in [2.75, 3.05) is 48.6 Å². The van der Waals surface area contributed by atoms with Crippen LogP contribution in [0.4, 0.5) is 22.7 Å². The molecule has 2 unspecified atom stereocenters. The second-order valence-corrected chi connectivity index (χ2v) is 20.9. The molecule has 6 rings (SSSR count). The van der Waals surface area contributed by atoms with Crippen LogP contribution in [0.2, 0.25) is 0 Å². The van der Waals surface area contributed by atoms with E-state index in [-0.39, 0.29) is 34.2 Å². The highest BCUT2D eigenvalue weighted by Gasteiger charge is 2.45. The lowest BCUT2D eigenvalue weighted by atomic mass is 9.76. The minimum atomic E-state index is -3.48. The van der Waals surface area contributed by atoms with E-state index in [1.165, 1.54) is 0 Å². The molecular formula is C42H52BrIN2O6S2. The molecule has 0 aliphatic carbocycles. The van der Waals surface area contributed by atoms with Gasteiger partial charge >= 0.3 is 0 Å². The van der Waals surface area contributed by atoms with Crippen LogP contribution in [0.15, 0.2) is 99.2 Å². The van der Waals surface area contributed by atoms with E-state index in [0.29, 0.717) is 40.1 Å². The molecule has 4 aromatic carbocycles. The number of sulfone groups is 2. The van der Waals surface area contributed by atoms with Gasteiger partial charge in [0.25, 0.3) is 0 Å². The molecule has 0 saturated carbocycles. The molecule has 0 saturated heterocycles. The number of methoxy groups -OCH3 is 2. The number of nitrogens with zero attached hydrogens (tertiary/aromatic N) is 2. The summed E-state index contributed by atoms with van der Waals surface area (Å²) < 4.78 is 66.2. The summed E-state index contributed by atoms with van der Waals surface area (Å²) in [5, 5.41) is 0. The lowest BCUT2D eigenvalue weighted by Gasteiger charge is -2.39. The summed E-state index contributed by atoms with van der Waals surface area (Å²) in [7, 11) is -3.81. The highest BCUT2D eigenvalue weighted by Crippen LogP contribution is 2.49. The van der Waals surface area contributed by atoms with Crippen LogP contribution in [0, 0.1) is 26.2 Å². The molecular weight excluding hydrogens is 899 g/mol. The van der Waals surface area contributed by atoms with Crippen LogP contribution in [0.25, 0.3) is 0 Å². The number of halogens is 2. The van der Waals surface area contributed by atoms with Crippen molar-refractivity contribution < 1.29 is 26.3 Å². The summed E-state index contributed by atoms with van der Waals surface area (Å²) in [5.41, 5.74) is 2.77. The minimum absolute atomic E-state index is 0.134. The molecule has 0 N–H and O–H groups in total. The van der Waals surface area contributed by atoms with Crippen molar-refractivity contribution in [3.63, 3.8) is 0 Å². The SMILES string of the molecule is CCC1(C(C)C)CN(c2ccccc2)c2cc(Br)c(OC)cc2S(=O)(=O)C1.CCC1(C(C)C)CN(c2ccccc2)c2cc(I)c(OC)cc2S(=O)(=O)C1. The molecule has 0 amide bonds. The van der Waals surface area contributed by atoms with Gasteiger partial charge in [-0.3, -0.25) is 0 Å². The normalized spacial score (nSPS) is 21.6. The molecule has 0 spiro atoms. The summed E-state index contributed by atoms with van der Waals surface area (Å²) in [4.78, 5) is 5.01. The smallest absolute Gasteiger partial charge is 0.181 e. The predicted molar refractivity (Wildman–Crippen MR) is 233 cm³/mol. The third-order valence-electron chi connectivity index (χ3n) is 11.6. The first-order chi connectivity index (χ1) is 25.5. The molecule has 4 aromatic rings. The molecule has 292 valence electrons. The van der Waals surface area contributed by atoms with Crippen LogP contribution < -0.4 is 19.3 Å². The zero-order chi connectivity index (χ0) is 39.6. The Morgan fingerprint density at radius 2 is 1.06 bits per heavy atom. The maximum absolute atomic E-state index is 13.4. The summed E-state index contributed by atoms with van der Waals surface area (Å²) in [6, 6.07) is 27.2. The summed E-state index contributed by atoms with van der Waals surface area (Å²) in [6.07, 6.45) is 1.59. The average Bonchev–Trinajstić information content (AvgIpc) is 3.32. The van der Waals surface area contributed by atoms with E-state index in [9.17, 15) is 16.8 Å². The van der Waals surface area contributed by atoms with Crippen molar-refractivity contribution in [2.24, 2.45) is 22.7 Å². The molecule has 0 fully saturated rings. The van der Waals surface area contributed by atoms with E-state index in [2.05, 4.69) is 89.9 Å². The summed E-state index contributed by atoms with van der Waals surface area (Å²) >= 11 is 5.73. The Balaban J connectivity index is 0.000000208. The van der Waals surface area contributed by atoms with E-state index >= 15 is 0 Å². The van der Waals surface area contributed by atoms with Crippen LogP contribution in [-0.2, 0) is 19.7 Å². The third kappa shape index (κ3) is 8.32. The van der Waals surface area contributed by atoms with Crippen molar-refractivity contribution >= 4 is 80.9 Å². The van der Waals surface area contributed by atoms with Gasteiger partial charge in [0.1, 0.15) is 11.5 Å². The van der Waals surface area contributed by atoms with Crippen molar-refractivity contribution in [1.82, 2.24) is 0 Å². The molecule has 2 heterocycles. The van der Waals surface area contributed by atoms with Gasteiger partial charge < -0.3 is 19.3 Å². The zero-order valence-corrected chi connectivity index (χ0v) is 37.8. The van der Waals surface area contributed by atoms with E-state index < -0.39 is 19.7 Å². The first kappa shape index (κ1) is 42.3. The first-order valence-electron chi connectivity index (χ1n) is 18.3. The Kier molecular flexibility index (Phi) is 13.1. The van der Waals surface area contributed by atoms with Gasteiger partial charge in [0.05, 0.1) is 54.9 Å². The van der Waals surface area contributed by atoms with Crippen LogP contribution in [0.1, 0.15) is 54.4 Å². The standard InChI is InChI=1S/C21H26BrNO3S.C21H26INO3S/c2*1-5-21(15(2)3)13-23(16-9-7-6-8-10-16)18-11-17(22)19(26-4)12-20(18)27(24,25)14-21/h2*6-12,15H,5,13-14H2,1-4H3. The molecule has 0 bridgehead atoms. The van der Waals surface area contributed by atoms with Crippen molar-refractivity contribution in [3.8, 4) is 11.5 Å². The maximum Gasteiger partial charge on any atom is 0.181 e. The Morgan fingerprint density at radius 1 is 0.667 bits per heavy atom. The number of hydrogen-bond acceptors (Lipinski definition) is 8. The van der Waals surface area contributed by atoms with Crippen molar-refractivity contribution in [3.05, 3.63) is 93.0 Å².